The Bertz CT molecular complexity index is 150. The highest BCUT2D eigenvalue weighted by molar-refractivity contribution is 5.78. The first-order chi connectivity index (χ1) is 4.68. The van der Waals surface area contributed by atoms with E-state index in [1.54, 1.807) is 0 Å². The molecule has 2 nitrogen and oxygen atoms in total. The Morgan fingerprint density at radius 3 is 2.70 bits per heavy atom. The standard InChI is InChI=1S/C6H7F2NO/c1-2-3-4-9-6(10)5(7)8/h1,5H,3-4H2,(H,9,10). The third-order valence-electron chi connectivity index (χ3n) is 0.767. The maximum atomic E-state index is 11.4. The van der Waals surface area contributed by atoms with Crippen molar-refractivity contribution in [3.05, 3.63) is 0 Å². The average molecular weight is 147 g/mol. The number of alkyl halides is 2. The van der Waals surface area contributed by atoms with Gasteiger partial charge in [0.1, 0.15) is 0 Å². The lowest BCUT2D eigenvalue weighted by Gasteiger charge is -1.99. The summed E-state index contributed by atoms with van der Waals surface area (Å²) in [4.78, 5) is 10.1. The second-order valence-electron chi connectivity index (χ2n) is 1.55. The van der Waals surface area contributed by atoms with Crippen LogP contribution in [0.15, 0.2) is 0 Å². The van der Waals surface area contributed by atoms with E-state index in [-0.39, 0.29) is 13.0 Å². The zero-order valence-corrected chi connectivity index (χ0v) is 5.23. The Hall–Kier alpha value is -1.11. The zero-order valence-electron chi connectivity index (χ0n) is 5.23. The molecule has 4 heteroatoms. The maximum Gasteiger partial charge on any atom is 0.315 e. The number of rotatable bonds is 3. The van der Waals surface area contributed by atoms with Gasteiger partial charge >= 0.3 is 6.43 Å². The first kappa shape index (κ1) is 8.89. The molecule has 56 valence electrons. The summed E-state index contributed by atoms with van der Waals surface area (Å²) in [5, 5.41) is 1.95. The summed E-state index contributed by atoms with van der Waals surface area (Å²) in [5.74, 6) is 0.934. The Balaban J connectivity index is 3.33. The topological polar surface area (TPSA) is 29.1 Å². The molecule has 0 aliphatic heterocycles. The van der Waals surface area contributed by atoms with Gasteiger partial charge in [0, 0.05) is 13.0 Å². The summed E-state index contributed by atoms with van der Waals surface area (Å²) in [7, 11) is 0. The van der Waals surface area contributed by atoms with Crippen molar-refractivity contribution >= 4 is 5.91 Å². The van der Waals surface area contributed by atoms with Crippen molar-refractivity contribution < 1.29 is 13.6 Å². The lowest BCUT2D eigenvalue weighted by atomic mass is 10.4. The van der Waals surface area contributed by atoms with E-state index in [1.165, 1.54) is 0 Å². The van der Waals surface area contributed by atoms with Crippen LogP contribution in [-0.4, -0.2) is 18.9 Å². The number of carbonyl (C=O) groups excluding carboxylic acids is 1. The van der Waals surface area contributed by atoms with E-state index < -0.39 is 12.3 Å². The van der Waals surface area contributed by atoms with Crippen LogP contribution in [-0.2, 0) is 4.79 Å². The molecule has 0 bridgehead atoms. The highest BCUT2D eigenvalue weighted by Crippen LogP contribution is 1.89. The van der Waals surface area contributed by atoms with Gasteiger partial charge < -0.3 is 5.32 Å². The van der Waals surface area contributed by atoms with Crippen LogP contribution in [0.4, 0.5) is 8.78 Å². The van der Waals surface area contributed by atoms with Gasteiger partial charge in [0.25, 0.3) is 5.91 Å². The molecule has 0 spiro atoms. The molecule has 1 N–H and O–H groups in total. The van der Waals surface area contributed by atoms with Crippen molar-refractivity contribution in [2.75, 3.05) is 6.54 Å². The largest absolute Gasteiger partial charge is 0.350 e. The normalized spacial score (nSPS) is 9.00. The minimum Gasteiger partial charge on any atom is -0.350 e. The smallest absolute Gasteiger partial charge is 0.315 e. The van der Waals surface area contributed by atoms with Crippen molar-refractivity contribution in [2.45, 2.75) is 12.8 Å². The van der Waals surface area contributed by atoms with Crippen molar-refractivity contribution in [3.63, 3.8) is 0 Å². The lowest BCUT2D eigenvalue weighted by molar-refractivity contribution is -0.131. The second-order valence-corrected chi connectivity index (χ2v) is 1.55. The summed E-state index contributed by atoms with van der Waals surface area (Å²) in [6.45, 7) is 0.111. The molecular weight excluding hydrogens is 140 g/mol. The number of hydrogen-bond acceptors (Lipinski definition) is 1. The SMILES string of the molecule is C#CCCNC(=O)C(F)F. The molecule has 0 aliphatic rings. The molecular formula is C6H7F2NO. The van der Waals surface area contributed by atoms with Gasteiger partial charge in [0.05, 0.1) is 0 Å². The molecule has 0 saturated carbocycles. The van der Waals surface area contributed by atoms with Crippen LogP contribution >= 0.6 is 0 Å². The quantitative estimate of drug-likeness (QED) is 0.454. The molecule has 0 aromatic rings. The van der Waals surface area contributed by atoms with Crippen LogP contribution in [0.2, 0.25) is 0 Å². The van der Waals surface area contributed by atoms with Gasteiger partial charge in [-0.05, 0) is 0 Å². The molecule has 0 aliphatic carbocycles. The van der Waals surface area contributed by atoms with Crippen molar-refractivity contribution in [3.8, 4) is 12.3 Å². The van der Waals surface area contributed by atoms with E-state index >= 15 is 0 Å². The number of terminal acetylenes is 1. The molecule has 0 radical (unpaired) electrons. The van der Waals surface area contributed by atoms with Gasteiger partial charge in [-0.15, -0.1) is 12.3 Å². The molecule has 0 fully saturated rings. The van der Waals surface area contributed by atoms with Gasteiger partial charge in [-0.25, -0.2) is 0 Å². The minimum atomic E-state index is -2.95. The average Bonchev–Trinajstić information content (AvgIpc) is 1.88. The molecule has 0 heterocycles. The van der Waals surface area contributed by atoms with Crippen molar-refractivity contribution in [1.82, 2.24) is 5.32 Å². The molecule has 0 atom stereocenters. The van der Waals surface area contributed by atoms with Gasteiger partial charge in [0.15, 0.2) is 0 Å². The fourth-order valence-electron chi connectivity index (χ4n) is 0.335. The molecule has 10 heavy (non-hydrogen) atoms. The number of amides is 1. The number of nitrogens with one attached hydrogen (secondary N) is 1. The van der Waals surface area contributed by atoms with Crippen LogP contribution in [0.1, 0.15) is 6.42 Å². The Kier molecular flexibility index (Phi) is 4.21. The predicted octanol–water partition coefficient (Wildman–Crippen LogP) is 0.391. The van der Waals surface area contributed by atoms with E-state index in [9.17, 15) is 13.6 Å². The van der Waals surface area contributed by atoms with E-state index in [4.69, 9.17) is 6.42 Å². The third-order valence-corrected chi connectivity index (χ3v) is 0.767. The Labute approximate surface area is 57.6 Å². The van der Waals surface area contributed by atoms with Crippen molar-refractivity contribution in [2.24, 2.45) is 0 Å². The first-order valence-electron chi connectivity index (χ1n) is 2.68. The fourth-order valence-corrected chi connectivity index (χ4v) is 0.335. The third kappa shape index (κ3) is 3.84. The lowest BCUT2D eigenvalue weighted by Crippen LogP contribution is -2.29. The van der Waals surface area contributed by atoms with Crippen LogP contribution in [0.25, 0.3) is 0 Å². The van der Waals surface area contributed by atoms with E-state index in [2.05, 4.69) is 5.92 Å². The minimum absolute atomic E-state index is 0.111. The second kappa shape index (κ2) is 4.74. The van der Waals surface area contributed by atoms with Gasteiger partial charge in [-0.2, -0.15) is 8.78 Å². The van der Waals surface area contributed by atoms with Gasteiger partial charge in [0.2, 0.25) is 0 Å². The van der Waals surface area contributed by atoms with E-state index in [0.717, 1.165) is 0 Å². The van der Waals surface area contributed by atoms with Crippen LogP contribution < -0.4 is 5.32 Å². The molecule has 0 unspecified atom stereocenters. The molecule has 0 saturated heterocycles. The molecule has 0 aromatic carbocycles. The van der Waals surface area contributed by atoms with Gasteiger partial charge in [-0.3, -0.25) is 4.79 Å². The summed E-state index contributed by atoms with van der Waals surface area (Å²) in [5.41, 5.74) is 0. The molecule has 0 rings (SSSR count). The van der Waals surface area contributed by atoms with Crippen LogP contribution in [0.3, 0.4) is 0 Å². The fraction of sp³-hybridized carbons (Fsp3) is 0.500. The highest BCUT2D eigenvalue weighted by Gasteiger charge is 2.12. The highest BCUT2D eigenvalue weighted by atomic mass is 19.3. The maximum absolute atomic E-state index is 11.4. The number of hydrogen-bond donors (Lipinski definition) is 1. The van der Waals surface area contributed by atoms with Crippen LogP contribution in [0, 0.1) is 12.3 Å². The molecule has 1 amide bonds. The Morgan fingerprint density at radius 1 is 1.70 bits per heavy atom. The van der Waals surface area contributed by atoms with Crippen LogP contribution in [0.5, 0.6) is 0 Å². The summed E-state index contributed by atoms with van der Waals surface area (Å²) in [6, 6.07) is 0. The predicted molar refractivity (Wildman–Crippen MR) is 32.5 cm³/mol. The van der Waals surface area contributed by atoms with E-state index in [1.807, 2.05) is 5.32 Å². The summed E-state index contributed by atoms with van der Waals surface area (Å²) >= 11 is 0. The van der Waals surface area contributed by atoms with Gasteiger partial charge in [-0.1, -0.05) is 0 Å². The monoisotopic (exact) mass is 147 g/mol. The Morgan fingerprint density at radius 2 is 2.30 bits per heavy atom. The van der Waals surface area contributed by atoms with E-state index in [0.29, 0.717) is 0 Å². The molecule has 0 aromatic heterocycles. The summed E-state index contributed by atoms with van der Waals surface area (Å²) < 4.78 is 22.8. The number of halogens is 2. The zero-order chi connectivity index (χ0) is 7.98. The summed E-state index contributed by atoms with van der Waals surface area (Å²) in [6.07, 6.45) is 2.13. The first-order valence-corrected chi connectivity index (χ1v) is 2.68. The van der Waals surface area contributed by atoms with Crippen molar-refractivity contribution in [1.29, 1.82) is 0 Å². The number of carbonyl (C=O) groups is 1.